The van der Waals surface area contributed by atoms with E-state index in [0.717, 1.165) is 22.0 Å². The molecule has 2 N–H and O–H groups in total. The minimum absolute atomic E-state index is 0.229. The van der Waals surface area contributed by atoms with Crippen molar-refractivity contribution >= 4 is 22.5 Å². The van der Waals surface area contributed by atoms with Crippen molar-refractivity contribution in [3.8, 4) is 0 Å². The van der Waals surface area contributed by atoms with Gasteiger partial charge in [0.25, 0.3) is 5.91 Å². The van der Waals surface area contributed by atoms with E-state index in [-0.39, 0.29) is 11.7 Å². The number of benzene rings is 2. The summed E-state index contributed by atoms with van der Waals surface area (Å²) in [5.74, 6) is -0.557. The topological polar surface area (TPSA) is 44.9 Å². The van der Waals surface area contributed by atoms with E-state index in [2.05, 4.69) is 10.3 Å². The molecule has 0 atom stereocenters. The lowest BCUT2D eigenvalue weighted by atomic mass is 10.1. The van der Waals surface area contributed by atoms with Crippen molar-refractivity contribution in [1.82, 2.24) is 4.98 Å². The van der Waals surface area contributed by atoms with E-state index in [0.29, 0.717) is 11.4 Å². The van der Waals surface area contributed by atoms with Gasteiger partial charge >= 0.3 is 0 Å². The largest absolute Gasteiger partial charge is 0.350 e. The molecular weight excluding hydrogens is 267 g/mol. The summed E-state index contributed by atoms with van der Waals surface area (Å²) in [5, 5.41) is 3.80. The molecule has 4 heteroatoms. The molecule has 0 aliphatic heterocycles. The Hall–Kier alpha value is -2.62. The number of amides is 1. The summed E-state index contributed by atoms with van der Waals surface area (Å²) in [6.07, 6.45) is 0. The van der Waals surface area contributed by atoms with Gasteiger partial charge in [-0.3, -0.25) is 4.79 Å². The van der Waals surface area contributed by atoms with Crippen molar-refractivity contribution in [3.05, 3.63) is 65.1 Å². The van der Waals surface area contributed by atoms with E-state index in [1.165, 1.54) is 24.3 Å². The Morgan fingerprint density at radius 3 is 2.52 bits per heavy atom. The highest BCUT2D eigenvalue weighted by Crippen LogP contribution is 2.23. The molecule has 0 radical (unpaired) electrons. The molecule has 1 amide bonds. The number of rotatable bonds is 2. The monoisotopic (exact) mass is 282 g/mol. The fraction of sp³-hybridized carbons (Fsp3) is 0.118. The van der Waals surface area contributed by atoms with Crippen molar-refractivity contribution < 1.29 is 9.18 Å². The van der Waals surface area contributed by atoms with Crippen molar-refractivity contribution in [2.45, 2.75) is 13.8 Å². The number of nitrogens with one attached hydrogen (secondary N) is 2. The third kappa shape index (κ3) is 2.52. The number of H-pyrrole nitrogens is 1. The van der Waals surface area contributed by atoms with Crippen LogP contribution in [0.3, 0.4) is 0 Å². The van der Waals surface area contributed by atoms with E-state index >= 15 is 0 Å². The number of aromatic nitrogens is 1. The van der Waals surface area contributed by atoms with Gasteiger partial charge in [-0.25, -0.2) is 4.39 Å². The summed E-state index contributed by atoms with van der Waals surface area (Å²) in [6.45, 7) is 3.92. The van der Waals surface area contributed by atoms with Crippen LogP contribution in [0.15, 0.2) is 42.5 Å². The molecule has 0 aliphatic rings. The summed E-state index contributed by atoms with van der Waals surface area (Å²) in [4.78, 5) is 15.5. The number of carbonyl (C=O) groups is 1. The molecule has 2 aromatic carbocycles. The minimum atomic E-state index is -0.328. The summed E-state index contributed by atoms with van der Waals surface area (Å²) < 4.78 is 12.9. The first-order valence-corrected chi connectivity index (χ1v) is 6.70. The highest BCUT2D eigenvalue weighted by atomic mass is 19.1. The number of fused-ring (bicyclic) bond motifs is 1. The smallest absolute Gasteiger partial charge is 0.272 e. The predicted octanol–water partition coefficient (Wildman–Crippen LogP) is 4.18. The van der Waals surface area contributed by atoms with Gasteiger partial charge in [0, 0.05) is 16.6 Å². The van der Waals surface area contributed by atoms with Gasteiger partial charge in [-0.05, 0) is 55.3 Å². The Kier molecular flexibility index (Phi) is 3.22. The maximum absolute atomic E-state index is 12.9. The molecule has 3 rings (SSSR count). The lowest BCUT2D eigenvalue weighted by Crippen LogP contribution is -2.13. The third-order valence-corrected chi connectivity index (χ3v) is 3.54. The van der Waals surface area contributed by atoms with Crippen LogP contribution in [0.5, 0.6) is 0 Å². The Bertz CT molecular complexity index is 819. The molecule has 0 aliphatic carbocycles. The summed E-state index contributed by atoms with van der Waals surface area (Å²) in [7, 11) is 0. The summed E-state index contributed by atoms with van der Waals surface area (Å²) in [5.41, 5.74) is 4.08. The van der Waals surface area contributed by atoms with Crippen LogP contribution in [-0.2, 0) is 0 Å². The zero-order chi connectivity index (χ0) is 15.0. The number of carbonyl (C=O) groups excluding carboxylic acids is 1. The zero-order valence-corrected chi connectivity index (χ0v) is 11.8. The molecule has 106 valence electrons. The van der Waals surface area contributed by atoms with Gasteiger partial charge in [-0.1, -0.05) is 12.1 Å². The normalized spacial score (nSPS) is 10.8. The van der Waals surface area contributed by atoms with E-state index in [1.54, 1.807) is 0 Å². The fourth-order valence-corrected chi connectivity index (χ4v) is 2.41. The van der Waals surface area contributed by atoms with Crippen molar-refractivity contribution in [3.63, 3.8) is 0 Å². The first-order chi connectivity index (χ1) is 10.0. The predicted molar refractivity (Wildman–Crippen MR) is 82.1 cm³/mol. The highest BCUT2D eigenvalue weighted by molar-refractivity contribution is 6.07. The molecule has 0 spiro atoms. The Balaban J connectivity index is 1.94. The molecule has 0 fully saturated rings. The second kappa shape index (κ2) is 5.05. The van der Waals surface area contributed by atoms with Gasteiger partial charge in [-0.2, -0.15) is 0 Å². The van der Waals surface area contributed by atoms with Crippen LogP contribution in [0, 0.1) is 19.7 Å². The van der Waals surface area contributed by atoms with Gasteiger partial charge in [0.05, 0.1) is 0 Å². The standard InChI is InChI=1S/C17H15FN2O/c1-10-3-8-14-11(2)16(20-15(14)9-10)17(21)19-13-6-4-12(18)5-7-13/h3-9,20H,1-2H3,(H,19,21). The van der Waals surface area contributed by atoms with Crippen LogP contribution in [0.2, 0.25) is 0 Å². The summed E-state index contributed by atoms with van der Waals surface area (Å²) >= 11 is 0. The molecule has 1 aromatic heterocycles. The SMILES string of the molecule is Cc1ccc2c(C)c(C(=O)Nc3ccc(F)cc3)[nH]c2c1. The lowest BCUT2D eigenvalue weighted by molar-refractivity contribution is 0.102. The van der Waals surface area contributed by atoms with Crippen LogP contribution < -0.4 is 5.32 Å². The molecule has 21 heavy (non-hydrogen) atoms. The Morgan fingerprint density at radius 1 is 1.10 bits per heavy atom. The highest BCUT2D eigenvalue weighted by Gasteiger charge is 2.14. The molecule has 3 aromatic rings. The van der Waals surface area contributed by atoms with Crippen LogP contribution in [0.1, 0.15) is 21.6 Å². The second-order valence-electron chi connectivity index (χ2n) is 5.14. The average Bonchev–Trinajstić information content (AvgIpc) is 2.78. The number of halogens is 1. The first-order valence-electron chi connectivity index (χ1n) is 6.70. The zero-order valence-electron chi connectivity index (χ0n) is 11.8. The maximum Gasteiger partial charge on any atom is 0.272 e. The average molecular weight is 282 g/mol. The van der Waals surface area contributed by atoms with Crippen molar-refractivity contribution in [1.29, 1.82) is 0 Å². The molecular formula is C17H15FN2O. The van der Waals surface area contributed by atoms with Crippen LogP contribution in [-0.4, -0.2) is 10.9 Å². The van der Waals surface area contributed by atoms with Crippen LogP contribution in [0.25, 0.3) is 10.9 Å². The molecule has 0 bridgehead atoms. The molecule has 0 saturated carbocycles. The van der Waals surface area contributed by atoms with E-state index in [4.69, 9.17) is 0 Å². The molecule has 3 nitrogen and oxygen atoms in total. The van der Waals surface area contributed by atoms with Crippen LogP contribution in [0.4, 0.5) is 10.1 Å². The Morgan fingerprint density at radius 2 is 1.81 bits per heavy atom. The van der Waals surface area contributed by atoms with Crippen LogP contribution >= 0.6 is 0 Å². The van der Waals surface area contributed by atoms with Gasteiger partial charge in [0.2, 0.25) is 0 Å². The minimum Gasteiger partial charge on any atom is -0.350 e. The second-order valence-corrected chi connectivity index (χ2v) is 5.14. The van der Waals surface area contributed by atoms with E-state index in [1.807, 2.05) is 32.0 Å². The van der Waals surface area contributed by atoms with Gasteiger partial charge in [0.1, 0.15) is 11.5 Å². The van der Waals surface area contributed by atoms with E-state index in [9.17, 15) is 9.18 Å². The first kappa shape index (κ1) is 13.4. The quantitative estimate of drug-likeness (QED) is 0.727. The third-order valence-electron chi connectivity index (χ3n) is 3.54. The number of aryl methyl sites for hydroxylation is 2. The van der Waals surface area contributed by atoms with Crippen molar-refractivity contribution in [2.24, 2.45) is 0 Å². The summed E-state index contributed by atoms with van der Waals surface area (Å²) in [6, 6.07) is 11.7. The van der Waals surface area contributed by atoms with Gasteiger partial charge in [-0.15, -0.1) is 0 Å². The molecule has 0 saturated heterocycles. The van der Waals surface area contributed by atoms with Gasteiger partial charge in [0.15, 0.2) is 0 Å². The Labute approximate surface area is 121 Å². The number of hydrogen-bond donors (Lipinski definition) is 2. The fourth-order valence-electron chi connectivity index (χ4n) is 2.41. The maximum atomic E-state index is 12.9. The van der Waals surface area contributed by atoms with Crippen molar-refractivity contribution in [2.75, 3.05) is 5.32 Å². The molecule has 1 heterocycles. The lowest BCUT2D eigenvalue weighted by Gasteiger charge is -2.04. The number of hydrogen-bond acceptors (Lipinski definition) is 1. The van der Waals surface area contributed by atoms with Gasteiger partial charge < -0.3 is 10.3 Å². The molecule has 0 unspecified atom stereocenters. The number of aromatic amines is 1. The number of anilines is 1. The van der Waals surface area contributed by atoms with E-state index < -0.39 is 0 Å².